The molecule has 55 heavy (non-hydrogen) atoms. The van der Waals surface area contributed by atoms with E-state index in [-0.39, 0.29) is 0 Å². The van der Waals surface area contributed by atoms with E-state index in [0.29, 0.717) is 0 Å². The lowest BCUT2D eigenvalue weighted by Gasteiger charge is -2.28. The fourth-order valence-electron chi connectivity index (χ4n) is 8.45. The maximum Gasteiger partial charge on any atom is 0.0541 e. The highest BCUT2D eigenvalue weighted by Crippen LogP contribution is 2.44. The van der Waals surface area contributed by atoms with E-state index >= 15 is 0 Å². The summed E-state index contributed by atoms with van der Waals surface area (Å²) in [5, 5.41) is 7.66. The zero-order valence-corrected chi connectivity index (χ0v) is 30.7. The first-order valence-electron chi connectivity index (χ1n) is 18.8. The smallest absolute Gasteiger partial charge is 0.0541 e. The predicted molar refractivity (Wildman–Crippen MR) is 237 cm³/mol. The lowest BCUT2D eigenvalue weighted by Crippen LogP contribution is -2.11. The fraction of sp³-hybridized carbons (Fsp3) is 0. The SMILES string of the molecule is c1ccc(N(c2ccc(-c3cccc4ccccc34)cc2)c2ccc(-n3c4ccccc4c4ccccc43)cc2)c(-c2ccc3c(c2)sc2ccccc23)c1. The Balaban J connectivity index is 1.07. The molecule has 0 saturated heterocycles. The quantitative estimate of drug-likeness (QED) is 0.166. The van der Waals surface area contributed by atoms with Crippen LogP contribution in [0.1, 0.15) is 0 Å². The van der Waals surface area contributed by atoms with Gasteiger partial charge < -0.3 is 9.47 Å². The van der Waals surface area contributed by atoms with Crippen LogP contribution in [-0.2, 0) is 0 Å². The van der Waals surface area contributed by atoms with Gasteiger partial charge in [0.25, 0.3) is 0 Å². The molecule has 258 valence electrons. The average Bonchev–Trinajstić information content (AvgIpc) is 3.80. The van der Waals surface area contributed by atoms with E-state index in [1.807, 2.05) is 11.3 Å². The molecule has 0 aliphatic rings. The van der Waals surface area contributed by atoms with Crippen LogP contribution < -0.4 is 4.90 Å². The van der Waals surface area contributed by atoms with Gasteiger partial charge in [0.2, 0.25) is 0 Å². The molecule has 11 rings (SSSR count). The number of hydrogen-bond donors (Lipinski definition) is 0. The fourth-order valence-corrected chi connectivity index (χ4v) is 9.60. The van der Waals surface area contributed by atoms with Gasteiger partial charge in [0.05, 0.1) is 16.7 Å². The minimum absolute atomic E-state index is 1.10. The molecule has 0 amide bonds. The summed E-state index contributed by atoms with van der Waals surface area (Å²) in [6, 6.07) is 75.2. The van der Waals surface area contributed by atoms with Gasteiger partial charge in [-0.2, -0.15) is 0 Å². The van der Waals surface area contributed by atoms with Crippen LogP contribution >= 0.6 is 11.3 Å². The number of benzene rings is 9. The van der Waals surface area contributed by atoms with Gasteiger partial charge in [0, 0.05) is 53.6 Å². The van der Waals surface area contributed by atoms with Gasteiger partial charge >= 0.3 is 0 Å². The number of aromatic nitrogens is 1. The van der Waals surface area contributed by atoms with Crippen molar-refractivity contribution in [2.75, 3.05) is 4.90 Å². The molecule has 0 unspecified atom stereocenters. The van der Waals surface area contributed by atoms with Crippen LogP contribution in [0.15, 0.2) is 206 Å². The Labute approximate surface area is 323 Å². The first kappa shape index (κ1) is 31.6. The van der Waals surface area contributed by atoms with Crippen molar-refractivity contribution in [1.82, 2.24) is 4.57 Å². The zero-order chi connectivity index (χ0) is 36.3. The van der Waals surface area contributed by atoms with Crippen molar-refractivity contribution in [2.24, 2.45) is 0 Å². The molecule has 0 radical (unpaired) electrons. The van der Waals surface area contributed by atoms with E-state index in [2.05, 4.69) is 216 Å². The molecule has 2 aromatic heterocycles. The number of fused-ring (bicyclic) bond motifs is 7. The molecule has 0 saturated carbocycles. The number of nitrogens with zero attached hydrogens (tertiary/aromatic N) is 2. The van der Waals surface area contributed by atoms with Crippen LogP contribution in [0, 0.1) is 0 Å². The topological polar surface area (TPSA) is 8.17 Å². The zero-order valence-electron chi connectivity index (χ0n) is 29.9. The lowest BCUT2D eigenvalue weighted by atomic mass is 9.97. The monoisotopic (exact) mass is 718 g/mol. The van der Waals surface area contributed by atoms with Crippen molar-refractivity contribution in [2.45, 2.75) is 0 Å². The van der Waals surface area contributed by atoms with Gasteiger partial charge in [-0.05, 0) is 94.2 Å². The highest BCUT2D eigenvalue weighted by molar-refractivity contribution is 7.25. The van der Waals surface area contributed by atoms with Crippen molar-refractivity contribution in [3.05, 3.63) is 206 Å². The summed E-state index contributed by atoms with van der Waals surface area (Å²) in [5.74, 6) is 0. The van der Waals surface area contributed by atoms with E-state index < -0.39 is 0 Å². The number of thiophene rings is 1. The van der Waals surface area contributed by atoms with Crippen LogP contribution in [-0.4, -0.2) is 4.57 Å². The van der Waals surface area contributed by atoms with Crippen molar-refractivity contribution in [1.29, 1.82) is 0 Å². The normalized spacial score (nSPS) is 11.6. The Hall–Kier alpha value is -6.94. The third kappa shape index (κ3) is 5.24. The highest BCUT2D eigenvalue weighted by atomic mass is 32.1. The largest absolute Gasteiger partial charge is 0.310 e. The Morgan fingerprint density at radius 1 is 0.364 bits per heavy atom. The molecule has 0 bridgehead atoms. The van der Waals surface area contributed by atoms with Crippen LogP contribution in [0.25, 0.3) is 80.7 Å². The highest BCUT2D eigenvalue weighted by Gasteiger charge is 2.19. The molecule has 3 heteroatoms. The predicted octanol–water partition coefficient (Wildman–Crippen LogP) is 15.1. The van der Waals surface area contributed by atoms with Gasteiger partial charge in [-0.25, -0.2) is 0 Å². The molecule has 0 atom stereocenters. The number of hydrogen-bond acceptors (Lipinski definition) is 2. The molecular weight excluding hydrogens is 685 g/mol. The van der Waals surface area contributed by atoms with Gasteiger partial charge in [-0.15, -0.1) is 11.3 Å². The summed E-state index contributed by atoms with van der Waals surface area (Å²) in [6.07, 6.45) is 0. The van der Waals surface area contributed by atoms with E-state index in [0.717, 1.165) is 22.7 Å². The molecule has 9 aromatic carbocycles. The number of rotatable bonds is 6. The summed E-state index contributed by atoms with van der Waals surface area (Å²) in [7, 11) is 0. The van der Waals surface area contributed by atoms with Crippen molar-refractivity contribution < 1.29 is 0 Å². The molecule has 0 aliphatic heterocycles. The van der Waals surface area contributed by atoms with Crippen molar-refractivity contribution in [3.63, 3.8) is 0 Å². The summed E-state index contributed by atoms with van der Waals surface area (Å²) in [5.41, 5.74) is 11.7. The molecule has 2 heterocycles. The molecule has 2 nitrogen and oxygen atoms in total. The Bertz CT molecular complexity index is 3150. The molecule has 11 aromatic rings. The standard InChI is InChI=1S/C52H34N2S/c1-2-14-41-35(12-1)13-11-19-42(41)36-24-27-38(28-25-36)53(39-29-31-40(32-30-39)54-49-21-8-4-16-44(49)45-17-5-9-22-50(45)54)48-20-7-3-15-43(48)37-26-33-47-46-18-6-10-23-51(46)55-52(47)34-37/h1-34H. The maximum absolute atomic E-state index is 2.41. The average molecular weight is 719 g/mol. The molecule has 0 N–H and O–H groups in total. The second-order valence-corrected chi connectivity index (χ2v) is 15.2. The van der Waals surface area contributed by atoms with E-state index in [4.69, 9.17) is 0 Å². The lowest BCUT2D eigenvalue weighted by molar-refractivity contribution is 1.17. The van der Waals surface area contributed by atoms with Crippen molar-refractivity contribution in [3.8, 4) is 27.9 Å². The summed E-state index contributed by atoms with van der Waals surface area (Å²) >= 11 is 1.86. The van der Waals surface area contributed by atoms with Crippen LogP contribution in [0.5, 0.6) is 0 Å². The van der Waals surface area contributed by atoms with Crippen LogP contribution in [0.2, 0.25) is 0 Å². The second kappa shape index (κ2) is 12.9. The third-order valence-corrected chi connectivity index (χ3v) is 12.1. The third-order valence-electron chi connectivity index (χ3n) is 11.0. The summed E-state index contributed by atoms with van der Waals surface area (Å²) in [6.45, 7) is 0. The van der Waals surface area contributed by atoms with Crippen molar-refractivity contribution >= 4 is 81.1 Å². The minimum atomic E-state index is 1.10. The molecule has 0 fully saturated rings. The van der Waals surface area contributed by atoms with Crippen LogP contribution in [0.4, 0.5) is 17.1 Å². The van der Waals surface area contributed by atoms with Gasteiger partial charge in [0.15, 0.2) is 0 Å². The first-order valence-corrected chi connectivity index (χ1v) is 19.6. The Morgan fingerprint density at radius 2 is 0.909 bits per heavy atom. The van der Waals surface area contributed by atoms with E-state index in [1.165, 1.54) is 75.0 Å². The molecule has 0 spiro atoms. The minimum Gasteiger partial charge on any atom is -0.310 e. The van der Waals surface area contributed by atoms with Crippen LogP contribution in [0.3, 0.4) is 0 Å². The number of anilines is 3. The maximum atomic E-state index is 2.41. The van der Waals surface area contributed by atoms with E-state index in [9.17, 15) is 0 Å². The van der Waals surface area contributed by atoms with Gasteiger partial charge in [0.1, 0.15) is 0 Å². The Morgan fingerprint density at radius 3 is 1.67 bits per heavy atom. The second-order valence-electron chi connectivity index (χ2n) is 14.1. The summed E-state index contributed by atoms with van der Waals surface area (Å²) < 4.78 is 5.00. The molecular formula is C52H34N2S. The van der Waals surface area contributed by atoms with Gasteiger partial charge in [-0.3, -0.25) is 0 Å². The first-order chi connectivity index (χ1) is 27.3. The van der Waals surface area contributed by atoms with Gasteiger partial charge in [-0.1, -0.05) is 140 Å². The Kier molecular flexibility index (Phi) is 7.39. The molecule has 0 aliphatic carbocycles. The summed E-state index contributed by atoms with van der Waals surface area (Å²) in [4.78, 5) is 2.41. The number of para-hydroxylation sites is 3. The van der Waals surface area contributed by atoms with E-state index in [1.54, 1.807) is 0 Å².